The number of likely N-dealkylation sites (tertiary alicyclic amines) is 1. The largest absolute Gasteiger partial charge is 0.497 e. The summed E-state index contributed by atoms with van der Waals surface area (Å²) < 4.78 is 5.41. The number of aromatic amines is 1. The molecule has 2 aromatic rings. The molecule has 2 heterocycles. The van der Waals surface area contributed by atoms with Gasteiger partial charge in [-0.1, -0.05) is 39.8 Å². The first kappa shape index (κ1) is 26.8. The normalized spacial score (nSPS) is 15.5. The van der Waals surface area contributed by atoms with Gasteiger partial charge in [0.2, 0.25) is 5.91 Å². The maximum atomic E-state index is 13.1. The van der Waals surface area contributed by atoms with Crippen LogP contribution in [0.5, 0.6) is 5.75 Å². The number of carbonyl (C=O) groups excluding carboxylic acids is 2. The van der Waals surface area contributed by atoms with Gasteiger partial charge in [-0.3, -0.25) is 14.7 Å². The van der Waals surface area contributed by atoms with Gasteiger partial charge >= 0.3 is 0 Å². The van der Waals surface area contributed by atoms with Crippen molar-refractivity contribution in [3.8, 4) is 5.75 Å². The molecule has 7 nitrogen and oxygen atoms in total. The molecule has 192 valence electrons. The summed E-state index contributed by atoms with van der Waals surface area (Å²) in [6.45, 7) is 9.81. The van der Waals surface area contributed by atoms with E-state index in [1.54, 1.807) is 7.11 Å². The number of likely N-dealkylation sites (N-methyl/N-ethyl adjacent to an activating group) is 1. The van der Waals surface area contributed by atoms with Gasteiger partial charge in [0.15, 0.2) is 0 Å². The van der Waals surface area contributed by atoms with Gasteiger partial charge in [0.05, 0.1) is 7.11 Å². The van der Waals surface area contributed by atoms with Crippen molar-refractivity contribution in [2.75, 3.05) is 27.2 Å². The van der Waals surface area contributed by atoms with Gasteiger partial charge in [0.1, 0.15) is 11.4 Å². The van der Waals surface area contributed by atoms with Gasteiger partial charge in [-0.05, 0) is 67.2 Å². The fourth-order valence-electron chi connectivity index (χ4n) is 5.00. The second-order valence-electron chi connectivity index (χ2n) is 10.7. The van der Waals surface area contributed by atoms with Crippen molar-refractivity contribution in [1.29, 1.82) is 0 Å². The van der Waals surface area contributed by atoms with Gasteiger partial charge in [-0.2, -0.15) is 5.10 Å². The molecule has 2 amide bonds. The van der Waals surface area contributed by atoms with Crippen LogP contribution in [0.1, 0.15) is 68.7 Å². The number of piperidine rings is 1. The lowest BCUT2D eigenvalue weighted by molar-refractivity contribution is -0.134. The van der Waals surface area contributed by atoms with Crippen LogP contribution in [0.15, 0.2) is 30.3 Å². The summed E-state index contributed by atoms with van der Waals surface area (Å²) in [6.07, 6.45) is 3.92. The molecule has 1 aromatic heterocycles. The number of hydrogen-bond acceptors (Lipinski definition) is 4. The van der Waals surface area contributed by atoms with Gasteiger partial charge in [0, 0.05) is 38.3 Å². The molecule has 0 saturated carbocycles. The van der Waals surface area contributed by atoms with Crippen molar-refractivity contribution in [1.82, 2.24) is 20.0 Å². The van der Waals surface area contributed by atoms with Crippen LogP contribution in [0.3, 0.4) is 0 Å². The Hall–Kier alpha value is -2.83. The van der Waals surface area contributed by atoms with Crippen LogP contribution in [0.4, 0.5) is 0 Å². The molecule has 1 fully saturated rings. The van der Waals surface area contributed by atoms with Gasteiger partial charge in [0.25, 0.3) is 5.91 Å². The topological polar surface area (TPSA) is 78.5 Å². The molecule has 1 aromatic carbocycles. The summed E-state index contributed by atoms with van der Waals surface area (Å²) >= 11 is 0. The molecule has 1 aliphatic rings. The number of carbonyl (C=O) groups is 2. The Bertz CT molecular complexity index is 976. The van der Waals surface area contributed by atoms with E-state index in [1.807, 2.05) is 35.0 Å². The summed E-state index contributed by atoms with van der Waals surface area (Å²) in [6, 6.07) is 10.1. The second-order valence-corrected chi connectivity index (χ2v) is 10.7. The van der Waals surface area contributed by atoms with Gasteiger partial charge < -0.3 is 14.5 Å². The molecular weight excluding hydrogens is 440 g/mol. The number of methoxy groups -OCH3 is 1. The Labute approximate surface area is 210 Å². The zero-order valence-corrected chi connectivity index (χ0v) is 22.2. The average molecular weight is 483 g/mol. The lowest BCUT2D eigenvalue weighted by atomic mass is 9.84. The summed E-state index contributed by atoms with van der Waals surface area (Å²) in [5, 5.41) is 7.28. The Morgan fingerprint density at radius 3 is 2.46 bits per heavy atom. The molecule has 0 radical (unpaired) electrons. The number of H-pyrrole nitrogens is 1. The van der Waals surface area contributed by atoms with Crippen molar-refractivity contribution in [2.45, 2.75) is 65.8 Å². The van der Waals surface area contributed by atoms with Crippen molar-refractivity contribution in [3.05, 3.63) is 47.3 Å². The Morgan fingerprint density at radius 2 is 1.83 bits per heavy atom. The maximum absolute atomic E-state index is 13.1. The molecule has 1 atom stereocenters. The van der Waals surface area contributed by atoms with E-state index in [-0.39, 0.29) is 17.9 Å². The fraction of sp³-hybridized carbons (Fsp3) is 0.607. The number of rotatable bonds is 10. The Balaban J connectivity index is 1.70. The van der Waals surface area contributed by atoms with Crippen LogP contribution in [0, 0.1) is 17.8 Å². The van der Waals surface area contributed by atoms with Crippen LogP contribution < -0.4 is 4.74 Å². The first-order valence-corrected chi connectivity index (χ1v) is 12.9. The highest BCUT2D eigenvalue weighted by Gasteiger charge is 2.33. The van der Waals surface area contributed by atoms with E-state index in [0.29, 0.717) is 43.0 Å². The standard InChI is InChI=1S/C28H42N4O3/c1-19(2)14-23-18-25(30-29-23)28(34)32-12-10-22(11-13-32)26(31(5)27(33)15-20(3)4)17-21-8-7-9-24(16-21)35-6/h7-9,16,18-20,22,26H,10-15,17H2,1-6H3,(H,29,30). The minimum atomic E-state index is -0.0108. The summed E-state index contributed by atoms with van der Waals surface area (Å²) in [5.74, 6) is 2.14. The second kappa shape index (κ2) is 12.2. The molecule has 3 rings (SSSR count). The van der Waals surface area contributed by atoms with Crippen molar-refractivity contribution >= 4 is 11.8 Å². The van der Waals surface area contributed by atoms with Gasteiger partial charge in [-0.15, -0.1) is 0 Å². The number of nitrogens with one attached hydrogen (secondary N) is 1. The highest BCUT2D eigenvalue weighted by atomic mass is 16.5. The van der Waals surface area contributed by atoms with Crippen LogP contribution >= 0.6 is 0 Å². The summed E-state index contributed by atoms with van der Waals surface area (Å²) in [4.78, 5) is 29.9. The third kappa shape index (κ3) is 7.33. The first-order valence-electron chi connectivity index (χ1n) is 12.9. The molecule has 1 aliphatic heterocycles. The lowest BCUT2D eigenvalue weighted by Gasteiger charge is -2.40. The number of ether oxygens (including phenoxy) is 1. The smallest absolute Gasteiger partial charge is 0.274 e. The summed E-state index contributed by atoms with van der Waals surface area (Å²) in [5.41, 5.74) is 2.66. The van der Waals surface area contributed by atoms with Crippen molar-refractivity contribution in [3.63, 3.8) is 0 Å². The van der Waals surface area contributed by atoms with Crippen molar-refractivity contribution in [2.24, 2.45) is 17.8 Å². The molecule has 1 saturated heterocycles. The quantitative estimate of drug-likeness (QED) is 0.537. The monoisotopic (exact) mass is 482 g/mol. The predicted molar refractivity (Wildman–Crippen MR) is 138 cm³/mol. The average Bonchev–Trinajstić information content (AvgIpc) is 3.29. The highest BCUT2D eigenvalue weighted by molar-refractivity contribution is 5.92. The predicted octanol–water partition coefficient (Wildman–Crippen LogP) is 4.58. The molecular formula is C28H42N4O3. The van der Waals surface area contributed by atoms with Crippen LogP contribution in [0.25, 0.3) is 0 Å². The Morgan fingerprint density at radius 1 is 1.11 bits per heavy atom. The zero-order valence-electron chi connectivity index (χ0n) is 22.2. The number of nitrogens with zero attached hydrogens (tertiary/aromatic N) is 3. The number of aromatic nitrogens is 2. The van der Waals surface area contributed by atoms with E-state index in [1.165, 1.54) is 0 Å². The Kier molecular flexibility index (Phi) is 9.35. The van der Waals surface area contributed by atoms with E-state index in [2.05, 4.69) is 50.0 Å². The third-order valence-electron chi connectivity index (χ3n) is 6.90. The molecule has 0 spiro atoms. The number of benzene rings is 1. The summed E-state index contributed by atoms with van der Waals surface area (Å²) in [7, 11) is 3.61. The highest BCUT2D eigenvalue weighted by Crippen LogP contribution is 2.29. The van der Waals surface area contributed by atoms with Crippen LogP contribution in [-0.4, -0.2) is 65.1 Å². The molecule has 0 bridgehead atoms. The van der Waals surface area contributed by atoms with E-state index in [9.17, 15) is 9.59 Å². The van der Waals surface area contributed by atoms with E-state index in [4.69, 9.17) is 4.74 Å². The maximum Gasteiger partial charge on any atom is 0.274 e. The zero-order chi connectivity index (χ0) is 25.5. The molecule has 0 aliphatic carbocycles. The molecule has 35 heavy (non-hydrogen) atoms. The minimum absolute atomic E-state index is 0.0108. The van der Waals surface area contributed by atoms with Crippen LogP contribution in [0.2, 0.25) is 0 Å². The molecule has 1 unspecified atom stereocenters. The van der Waals surface area contributed by atoms with Crippen molar-refractivity contribution < 1.29 is 14.3 Å². The third-order valence-corrected chi connectivity index (χ3v) is 6.90. The molecule has 7 heteroatoms. The minimum Gasteiger partial charge on any atom is -0.497 e. The van der Waals surface area contributed by atoms with Gasteiger partial charge in [-0.25, -0.2) is 0 Å². The number of amides is 2. The van der Waals surface area contributed by atoms with E-state index in [0.717, 1.165) is 42.7 Å². The SMILES string of the molecule is COc1cccc(CC(C2CCN(C(=O)c3cc(CC(C)C)[nH]n3)CC2)N(C)C(=O)CC(C)C)c1. The van der Waals surface area contributed by atoms with E-state index < -0.39 is 0 Å². The number of hydrogen-bond donors (Lipinski definition) is 1. The fourth-order valence-corrected chi connectivity index (χ4v) is 5.00. The van der Waals surface area contributed by atoms with Crippen LogP contribution in [-0.2, 0) is 17.6 Å². The molecule has 1 N–H and O–H groups in total. The van der Waals surface area contributed by atoms with E-state index >= 15 is 0 Å². The first-order chi connectivity index (χ1) is 16.7. The lowest BCUT2D eigenvalue weighted by Crippen LogP contribution is -2.48.